The molecule has 374 valence electrons. The summed E-state index contributed by atoms with van der Waals surface area (Å²) in [4.78, 5) is 98.6. The van der Waals surface area contributed by atoms with Crippen LogP contribution in [-0.2, 0) is 36.4 Å². The van der Waals surface area contributed by atoms with Crippen LogP contribution in [-0.4, -0.2) is 85.3 Å². The largest absolute Gasteiger partial charge is 0.508 e. The number of ketones is 1. The molecule has 0 bridgehead atoms. The Bertz CT molecular complexity index is 3530. The number of aromatic nitrogens is 4. The summed E-state index contributed by atoms with van der Waals surface area (Å²) >= 11 is 0. The van der Waals surface area contributed by atoms with Crippen molar-refractivity contribution in [3.63, 3.8) is 0 Å². The van der Waals surface area contributed by atoms with Crippen molar-refractivity contribution < 1.29 is 85.0 Å². The van der Waals surface area contributed by atoms with Gasteiger partial charge in [0.2, 0.25) is 0 Å². The fourth-order valence-electron chi connectivity index (χ4n) is 7.79. The van der Waals surface area contributed by atoms with Gasteiger partial charge in [-0.3, -0.25) is 33.6 Å². The third-order valence-corrected chi connectivity index (χ3v) is 14.7. The number of carbonyl (C=O) groups excluding carboxylic acids is 2. The standard InChI is InChI=1S/C43H37N6O20P3/c1-23(47-42-41-43(45-20-44-42)48(21-46-41)39-18-34(54)38(67-39)19-65-71(60,61)69-72(62,63)68-70(57,58)59)28-10-6-24(14-32(28)49(55)56)4-2-3-5-33(53)25-7-13-35(64-22-50)31(15-25)40-29-11-8-26(51)16-36(29)66-37-17-27(52)9-12-30(37)40/h6-17,20-23,34,38-39,51,54H,3,5,18-19H2,1H3,(H,60,61)(H,62,63)(H,44,45,47)(H2,57,58,59)/t23?,34?,38-,39-/m1/s1. The average molecular weight is 1050 g/mol. The van der Waals surface area contributed by atoms with Crippen molar-refractivity contribution in [3.8, 4) is 45.8 Å². The number of Topliss-reactive ketones (excluding diaryl/α,β-unsaturated/α-hetero) is 1. The minimum atomic E-state index is -5.78. The lowest BCUT2D eigenvalue weighted by molar-refractivity contribution is -0.385. The van der Waals surface area contributed by atoms with Gasteiger partial charge in [0.05, 0.1) is 35.6 Å². The van der Waals surface area contributed by atoms with E-state index in [1.54, 1.807) is 31.2 Å². The number of imidazole rings is 1. The van der Waals surface area contributed by atoms with Crippen LogP contribution in [0, 0.1) is 22.0 Å². The Balaban J connectivity index is 0.935. The molecule has 2 aliphatic heterocycles. The van der Waals surface area contributed by atoms with E-state index in [9.17, 15) is 58.2 Å². The van der Waals surface area contributed by atoms with Gasteiger partial charge < -0.3 is 49.0 Å². The van der Waals surface area contributed by atoms with E-state index in [-0.39, 0.29) is 99.1 Å². The molecule has 8 rings (SSSR count). The smallest absolute Gasteiger partial charge is 0.490 e. The quantitative estimate of drug-likeness (QED) is 0.00980. The summed E-state index contributed by atoms with van der Waals surface area (Å²) in [5.74, 6) is 5.79. The number of nitrogens with zero attached hydrogens (tertiary/aromatic N) is 5. The molecular formula is C43H37N6O20P3. The monoisotopic (exact) mass is 1050 g/mol. The maximum absolute atomic E-state index is 13.6. The second-order valence-corrected chi connectivity index (χ2v) is 20.1. The zero-order chi connectivity index (χ0) is 51.7. The van der Waals surface area contributed by atoms with Crippen LogP contribution >= 0.6 is 23.5 Å². The van der Waals surface area contributed by atoms with Gasteiger partial charge >= 0.3 is 23.5 Å². The number of hydrogen-bond donors (Lipinski definition) is 7. The summed E-state index contributed by atoms with van der Waals surface area (Å²) in [7, 11) is -16.9. The Morgan fingerprint density at radius 2 is 1.79 bits per heavy atom. The molecule has 0 radical (unpaired) electrons. The van der Waals surface area contributed by atoms with Crippen LogP contribution in [0.15, 0.2) is 94.7 Å². The lowest BCUT2D eigenvalue weighted by atomic mass is 9.91. The highest BCUT2D eigenvalue weighted by atomic mass is 31.3. The average Bonchev–Trinajstić information content (AvgIpc) is 3.91. The number of anilines is 1. The number of nitro groups is 1. The number of aromatic hydroxyl groups is 1. The van der Waals surface area contributed by atoms with Crippen molar-refractivity contribution >= 4 is 69.4 Å². The van der Waals surface area contributed by atoms with Crippen LogP contribution in [0.1, 0.15) is 59.9 Å². The van der Waals surface area contributed by atoms with E-state index in [0.29, 0.717) is 22.1 Å². The maximum Gasteiger partial charge on any atom is 0.490 e. The van der Waals surface area contributed by atoms with Crippen LogP contribution < -0.4 is 15.5 Å². The summed E-state index contributed by atoms with van der Waals surface area (Å²) in [6, 6.07) is 16.6. The second kappa shape index (κ2) is 20.6. The van der Waals surface area contributed by atoms with E-state index < -0.39 is 59.5 Å². The number of rotatable bonds is 18. The van der Waals surface area contributed by atoms with Gasteiger partial charge in [0.1, 0.15) is 41.5 Å². The summed E-state index contributed by atoms with van der Waals surface area (Å²) in [5, 5.41) is 36.7. The molecule has 3 aliphatic rings. The number of hydrogen-bond acceptors (Lipinski definition) is 20. The number of phenols is 1. The molecule has 4 unspecified atom stereocenters. The fourth-order valence-corrected chi connectivity index (χ4v) is 10.8. The van der Waals surface area contributed by atoms with Gasteiger partial charge in [0.25, 0.3) is 12.2 Å². The zero-order valence-electron chi connectivity index (χ0n) is 36.8. The number of aliphatic hydroxyl groups excluding tert-OH is 1. The molecule has 7 N–H and O–H groups in total. The lowest BCUT2D eigenvalue weighted by Crippen LogP contribution is -2.26. The molecule has 3 aromatic carbocycles. The van der Waals surface area contributed by atoms with Gasteiger partial charge in [-0.25, -0.2) is 28.6 Å². The van der Waals surface area contributed by atoms with E-state index in [1.165, 1.54) is 65.8 Å². The first-order valence-corrected chi connectivity index (χ1v) is 25.4. The van der Waals surface area contributed by atoms with Crippen LogP contribution in [0.25, 0.3) is 44.6 Å². The number of aliphatic hydroxyl groups is 1. The fraction of sp³-hybridized carbons (Fsp3) is 0.209. The van der Waals surface area contributed by atoms with E-state index in [2.05, 4.69) is 45.3 Å². The summed E-state index contributed by atoms with van der Waals surface area (Å²) in [6.07, 6.45) is -1.39. The number of fused-ring (bicyclic) bond motifs is 3. The van der Waals surface area contributed by atoms with Crippen LogP contribution in [0.5, 0.6) is 11.5 Å². The van der Waals surface area contributed by atoms with Crippen LogP contribution in [0.2, 0.25) is 0 Å². The summed E-state index contributed by atoms with van der Waals surface area (Å²) in [5.41, 5.74) is 2.01. The van der Waals surface area contributed by atoms with E-state index >= 15 is 0 Å². The van der Waals surface area contributed by atoms with Crippen LogP contribution in [0.4, 0.5) is 11.5 Å². The Morgan fingerprint density at radius 3 is 2.54 bits per heavy atom. The molecule has 26 nitrogen and oxygen atoms in total. The van der Waals surface area contributed by atoms with E-state index in [1.807, 2.05) is 0 Å². The molecule has 0 amide bonds. The third-order valence-electron chi connectivity index (χ3n) is 10.9. The molecule has 1 saturated heterocycles. The molecule has 29 heteroatoms. The van der Waals surface area contributed by atoms with Crippen molar-refractivity contribution in [1.82, 2.24) is 19.5 Å². The number of phosphoric acid groups is 3. The second-order valence-electron chi connectivity index (χ2n) is 15.7. The number of phenolic OH excluding ortho intramolecular Hbond substituents is 1. The normalized spacial score (nSPS) is 17.9. The molecule has 72 heavy (non-hydrogen) atoms. The molecule has 1 aliphatic carbocycles. The molecule has 4 heterocycles. The summed E-state index contributed by atoms with van der Waals surface area (Å²) < 4.78 is 65.1. The minimum Gasteiger partial charge on any atom is -0.508 e. The zero-order valence-corrected chi connectivity index (χ0v) is 39.5. The first-order valence-electron chi connectivity index (χ1n) is 20.9. The molecule has 5 aromatic rings. The predicted molar refractivity (Wildman–Crippen MR) is 248 cm³/mol. The summed E-state index contributed by atoms with van der Waals surface area (Å²) in [6.45, 7) is 0.971. The third kappa shape index (κ3) is 11.7. The Labute approximate surface area is 403 Å². The van der Waals surface area contributed by atoms with Crippen molar-refractivity contribution in [2.75, 3.05) is 11.9 Å². The minimum absolute atomic E-state index is 0.0553. The van der Waals surface area contributed by atoms with Crippen molar-refractivity contribution in [3.05, 3.63) is 122 Å². The molecule has 2 aromatic heterocycles. The van der Waals surface area contributed by atoms with E-state index in [0.717, 1.165) is 0 Å². The molecule has 0 spiro atoms. The number of phosphoric ester groups is 1. The molecule has 0 saturated carbocycles. The highest BCUT2D eigenvalue weighted by Gasteiger charge is 2.43. The molecular weight excluding hydrogens is 1010 g/mol. The number of ether oxygens (including phenoxy) is 2. The number of carbonyl (C=O) groups is 2. The predicted octanol–water partition coefficient (Wildman–Crippen LogP) is 6.03. The van der Waals surface area contributed by atoms with E-state index in [4.69, 9.17) is 23.7 Å². The van der Waals surface area contributed by atoms with Gasteiger partial charge in [0, 0.05) is 70.7 Å². The Morgan fingerprint density at radius 1 is 1.00 bits per heavy atom. The van der Waals surface area contributed by atoms with Crippen molar-refractivity contribution in [2.24, 2.45) is 0 Å². The van der Waals surface area contributed by atoms with Crippen molar-refractivity contribution in [1.29, 1.82) is 0 Å². The topological polar surface area (TPSA) is 382 Å². The highest BCUT2D eigenvalue weighted by Crippen LogP contribution is 2.66. The van der Waals surface area contributed by atoms with Gasteiger partial charge in [-0.15, -0.1) is 0 Å². The van der Waals surface area contributed by atoms with Crippen LogP contribution in [0.3, 0.4) is 0 Å². The Kier molecular flexibility index (Phi) is 14.7. The molecule has 1 fully saturated rings. The first kappa shape index (κ1) is 51.3. The maximum atomic E-state index is 13.6. The molecule has 6 atom stereocenters. The van der Waals surface area contributed by atoms with Gasteiger partial charge in [-0.05, 0) is 61.5 Å². The number of nitro benzene ring substituents is 1. The first-order chi connectivity index (χ1) is 34.1. The SMILES string of the molecule is CC(Nc1ncnc2c1ncn2[C@H]1CC(O)[C@@H](COP(=O)(O)OP(=O)(O)OP(=O)(O)O)O1)c1ccc(C#CCCC(=O)c2ccc(OC=O)c(-c3c4ccc(=O)cc-4oc4cc(O)ccc34)c2)cc1[N+](=O)[O-]. The van der Waals surface area contributed by atoms with Gasteiger partial charge in [-0.1, -0.05) is 11.8 Å². The van der Waals surface area contributed by atoms with Crippen molar-refractivity contribution in [2.45, 2.75) is 50.7 Å². The van der Waals surface area contributed by atoms with Gasteiger partial charge in [-0.2, -0.15) is 8.62 Å². The van der Waals surface area contributed by atoms with Gasteiger partial charge in [0.15, 0.2) is 28.2 Å². The number of benzene rings is 4. The highest BCUT2D eigenvalue weighted by molar-refractivity contribution is 7.66. The lowest BCUT2D eigenvalue weighted by Gasteiger charge is -2.19. The Hall–Kier alpha value is -7.07. The number of nitrogens with one attached hydrogen (secondary N) is 1.